The molecular formula is C11H15IN6. The van der Waals surface area contributed by atoms with Gasteiger partial charge < -0.3 is 5.32 Å². The maximum absolute atomic E-state index is 4.24. The third kappa shape index (κ3) is 3.29. The van der Waals surface area contributed by atoms with Gasteiger partial charge in [0.05, 0.1) is 28.6 Å². The third-order valence-electron chi connectivity index (χ3n) is 2.90. The molecule has 2 aromatic rings. The second-order valence-corrected chi connectivity index (χ2v) is 5.80. The predicted molar refractivity (Wildman–Crippen MR) is 74.8 cm³/mol. The normalized spacial score (nSPS) is 15.2. The van der Waals surface area contributed by atoms with Gasteiger partial charge in [-0.25, -0.2) is 0 Å². The largest absolute Gasteiger partial charge is 0.308 e. The van der Waals surface area contributed by atoms with Crippen molar-refractivity contribution in [3.8, 4) is 0 Å². The molecule has 1 fully saturated rings. The van der Waals surface area contributed by atoms with E-state index in [2.05, 4.69) is 43.3 Å². The summed E-state index contributed by atoms with van der Waals surface area (Å²) in [6.45, 7) is 2.44. The maximum Gasteiger partial charge on any atom is 0.0964 e. The average molecular weight is 358 g/mol. The molecule has 0 atom stereocenters. The molecule has 1 N–H and O–H groups in total. The van der Waals surface area contributed by atoms with Crippen LogP contribution in [0.3, 0.4) is 0 Å². The molecule has 6 nitrogen and oxygen atoms in total. The molecule has 0 saturated heterocycles. The Morgan fingerprint density at radius 2 is 2.11 bits per heavy atom. The third-order valence-corrected chi connectivity index (χ3v) is 3.45. The highest BCUT2D eigenvalue weighted by Crippen LogP contribution is 2.18. The highest BCUT2D eigenvalue weighted by molar-refractivity contribution is 14.1. The molecule has 0 radical (unpaired) electrons. The van der Waals surface area contributed by atoms with E-state index in [9.17, 15) is 0 Å². The summed E-state index contributed by atoms with van der Waals surface area (Å²) in [5, 5.41) is 15.9. The summed E-state index contributed by atoms with van der Waals surface area (Å²) in [5.74, 6) is 0. The van der Waals surface area contributed by atoms with Gasteiger partial charge in [0.2, 0.25) is 0 Å². The Balaban J connectivity index is 1.49. The zero-order valence-electron chi connectivity index (χ0n) is 9.96. The second-order valence-electron chi connectivity index (χ2n) is 4.55. The first-order chi connectivity index (χ1) is 8.79. The lowest BCUT2D eigenvalue weighted by Crippen LogP contribution is -2.15. The van der Waals surface area contributed by atoms with E-state index in [-0.39, 0.29) is 0 Å². The highest BCUT2D eigenvalue weighted by atomic mass is 127. The minimum absolute atomic E-state index is 0.710. The van der Waals surface area contributed by atoms with Crippen molar-refractivity contribution in [2.45, 2.75) is 38.5 Å². The minimum atomic E-state index is 0.710. The molecule has 2 aromatic heterocycles. The van der Waals surface area contributed by atoms with Crippen LogP contribution in [0, 0.1) is 3.57 Å². The van der Waals surface area contributed by atoms with Gasteiger partial charge in [-0.3, -0.25) is 9.36 Å². The molecule has 0 spiro atoms. The quantitative estimate of drug-likeness (QED) is 0.784. The van der Waals surface area contributed by atoms with Crippen molar-refractivity contribution in [1.82, 2.24) is 30.1 Å². The summed E-state index contributed by atoms with van der Waals surface area (Å²) < 4.78 is 4.95. The first-order valence-electron chi connectivity index (χ1n) is 6.10. The number of rotatable bonds is 6. The molecule has 0 aromatic carbocycles. The Kier molecular flexibility index (Phi) is 3.59. The molecule has 0 aliphatic heterocycles. The summed E-state index contributed by atoms with van der Waals surface area (Å²) in [6.07, 6.45) is 8.47. The SMILES string of the molecule is Ic1cnn(CCn2cc(CNC3CC3)nn2)c1. The van der Waals surface area contributed by atoms with Crippen LogP contribution in [0.1, 0.15) is 18.5 Å². The van der Waals surface area contributed by atoms with E-state index in [1.807, 2.05) is 28.0 Å². The predicted octanol–water partition coefficient (Wildman–Crippen LogP) is 1.03. The van der Waals surface area contributed by atoms with Gasteiger partial charge in [-0.1, -0.05) is 5.21 Å². The van der Waals surface area contributed by atoms with E-state index in [0.717, 1.165) is 28.9 Å². The molecule has 0 bridgehead atoms. The first-order valence-corrected chi connectivity index (χ1v) is 7.18. The summed E-state index contributed by atoms with van der Waals surface area (Å²) >= 11 is 2.26. The second kappa shape index (κ2) is 5.35. The van der Waals surface area contributed by atoms with E-state index >= 15 is 0 Å². The number of hydrogen-bond acceptors (Lipinski definition) is 4. The van der Waals surface area contributed by atoms with Crippen LogP contribution in [-0.4, -0.2) is 30.8 Å². The van der Waals surface area contributed by atoms with Gasteiger partial charge in [-0.2, -0.15) is 5.10 Å². The van der Waals surface area contributed by atoms with Gasteiger partial charge in [0.1, 0.15) is 0 Å². The molecule has 3 rings (SSSR count). The standard InChI is InChI=1S/C11H15IN6/c12-9-5-14-17(7-9)3-4-18-8-11(15-16-18)6-13-10-1-2-10/h5,7-8,10,13H,1-4,6H2. The Bertz CT molecular complexity index is 515. The van der Waals surface area contributed by atoms with Gasteiger partial charge in [-0.05, 0) is 35.4 Å². The molecule has 2 heterocycles. The van der Waals surface area contributed by atoms with E-state index in [0.29, 0.717) is 6.04 Å². The molecule has 1 saturated carbocycles. The van der Waals surface area contributed by atoms with Crippen molar-refractivity contribution >= 4 is 22.6 Å². The number of nitrogens with one attached hydrogen (secondary N) is 1. The van der Waals surface area contributed by atoms with Crippen LogP contribution in [0.2, 0.25) is 0 Å². The monoisotopic (exact) mass is 358 g/mol. The van der Waals surface area contributed by atoms with Gasteiger partial charge in [0.15, 0.2) is 0 Å². The van der Waals surface area contributed by atoms with E-state index in [4.69, 9.17) is 0 Å². The molecule has 0 amide bonds. The number of halogens is 1. The Labute approximate surface area is 119 Å². The number of aryl methyl sites for hydroxylation is 2. The topological polar surface area (TPSA) is 60.6 Å². The van der Waals surface area contributed by atoms with Gasteiger partial charge in [-0.15, -0.1) is 5.10 Å². The Morgan fingerprint density at radius 1 is 1.28 bits per heavy atom. The zero-order valence-corrected chi connectivity index (χ0v) is 12.1. The van der Waals surface area contributed by atoms with Gasteiger partial charge >= 0.3 is 0 Å². The van der Waals surface area contributed by atoms with Crippen LogP contribution in [-0.2, 0) is 19.6 Å². The fraction of sp³-hybridized carbons (Fsp3) is 0.545. The van der Waals surface area contributed by atoms with Crippen molar-refractivity contribution in [2.24, 2.45) is 0 Å². The first kappa shape index (κ1) is 12.1. The van der Waals surface area contributed by atoms with Crippen molar-refractivity contribution in [3.05, 3.63) is 27.9 Å². The van der Waals surface area contributed by atoms with Crippen molar-refractivity contribution < 1.29 is 0 Å². The number of hydrogen-bond donors (Lipinski definition) is 1. The number of aromatic nitrogens is 5. The van der Waals surface area contributed by atoms with Gasteiger partial charge in [0, 0.05) is 25.0 Å². The van der Waals surface area contributed by atoms with Crippen LogP contribution < -0.4 is 5.32 Å². The van der Waals surface area contributed by atoms with Crippen molar-refractivity contribution in [3.63, 3.8) is 0 Å². The molecule has 96 valence electrons. The van der Waals surface area contributed by atoms with E-state index in [1.54, 1.807) is 0 Å². The molecule has 18 heavy (non-hydrogen) atoms. The Hall–Kier alpha value is -0.960. The summed E-state index contributed by atoms with van der Waals surface area (Å²) in [7, 11) is 0. The maximum atomic E-state index is 4.24. The Morgan fingerprint density at radius 3 is 2.83 bits per heavy atom. The zero-order chi connectivity index (χ0) is 12.4. The van der Waals surface area contributed by atoms with E-state index in [1.165, 1.54) is 12.8 Å². The summed E-state index contributed by atoms with van der Waals surface area (Å²) in [5.41, 5.74) is 1.01. The minimum Gasteiger partial charge on any atom is -0.308 e. The fourth-order valence-electron chi connectivity index (χ4n) is 1.73. The molecule has 0 unspecified atom stereocenters. The fourth-order valence-corrected chi connectivity index (χ4v) is 2.18. The average Bonchev–Trinajstić information content (AvgIpc) is 2.93. The number of nitrogens with zero attached hydrogens (tertiary/aromatic N) is 5. The molecule has 1 aliphatic carbocycles. The summed E-state index contributed by atoms with van der Waals surface area (Å²) in [6, 6.07) is 0.710. The van der Waals surface area contributed by atoms with Crippen LogP contribution >= 0.6 is 22.6 Å². The van der Waals surface area contributed by atoms with Crippen molar-refractivity contribution in [2.75, 3.05) is 0 Å². The molecule has 1 aliphatic rings. The van der Waals surface area contributed by atoms with Crippen LogP contribution in [0.4, 0.5) is 0 Å². The molecular weight excluding hydrogens is 343 g/mol. The van der Waals surface area contributed by atoms with Crippen LogP contribution in [0.5, 0.6) is 0 Å². The highest BCUT2D eigenvalue weighted by Gasteiger charge is 2.20. The molecule has 7 heteroatoms. The lowest BCUT2D eigenvalue weighted by atomic mass is 10.4. The van der Waals surface area contributed by atoms with Crippen molar-refractivity contribution in [1.29, 1.82) is 0 Å². The smallest absolute Gasteiger partial charge is 0.0964 e. The van der Waals surface area contributed by atoms with Gasteiger partial charge in [0.25, 0.3) is 0 Å². The van der Waals surface area contributed by atoms with Crippen LogP contribution in [0.15, 0.2) is 18.6 Å². The van der Waals surface area contributed by atoms with Crippen LogP contribution in [0.25, 0.3) is 0 Å². The summed E-state index contributed by atoms with van der Waals surface area (Å²) in [4.78, 5) is 0. The van der Waals surface area contributed by atoms with E-state index < -0.39 is 0 Å². The lowest BCUT2D eigenvalue weighted by molar-refractivity contribution is 0.489. The lowest BCUT2D eigenvalue weighted by Gasteiger charge is -2.00.